The molecule has 2 heterocycles. The lowest BCUT2D eigenvalue weighted by Crippen LogP contribution is -2.52. The minimum absolute atomic E-state index is 0.0462. The number of urea groups is 1. The van der Waals surface area contributed by atoms with Crippen LogP contribution in [0.2, 0.25) is 5.02 Å². The second-order valence-corrected chi connectivity index (χ2v) is 7.46. The number of alkyl halides is 3. The third kappa shape index (κ3) is 6.25. The zero-order valence-corrected chi connectivity index (χ0v) is 17.2. The van der Waals surface area contributed by atoms with Crippen molar-refractivity contribution in [1.82, 2.24) is 15.2 Å². The van der Waals surface area contributed by atoms with Gasteiger partial charge in [-0.1, -0.05) is 11.6 Å². The van der Waals surface area contributed by atoms with Gasteiger partial charge in [0.15, 0.2) is 0 Å². The van der Waals surface area contributed by atoms with Crippen LogP contribution in [0.25, 0.3) is 0 Å². The fraction of sp³-hybridized carbons (Fsp3) is 0.474. The van der Waals surface area contributed by atoms with Gasteiger partial charge < -0.3 is 30.1 Å². The first-order valence-electron chi connectivity index (χ1n) is 9.57. The Morgan fingerprint density at radius 2 is 1.97 bits per heavy atom. The van der Waals surface area contributed by atoms with E-state index < -0.39 is 19.1 Å². The molecule has 0 radical (unpaired) electrons. The molecule has 0 spiro atoms. The van der Waals surface area contributed by atoms with E-state index in [-0.39, 0.29) is 24.6 Å². The third-order valence-electron chi connectivity index (χ3n) is 4.89. The number of allylic oxidation sites excluding steroid dienone is 4. The van der Waals surface area contributed by atoms with Crippen LogP contribution in [0.4, 0.5) is 23.8 Å². The highest BCUT2D eigenvalue weighted by atomic mass is 35.5. The molecule has 0 saturated carbocycles. The van der Waals surface area contributed by atoms with Crippen LogP contribution in [-0.2, 0) is 4.74 Å². The van der Waals surface area contributed by atoms with Crippen LogP contribution < -0.4 is 10.2 Å². The molecule has 170 valence electrons. The van der Waals surface area contributed by atoms with Crippen LogP contribution in [0.3, 0.4) is 0 Å². The van der Waals surface area contributed by atoms with Gasteiger partial charge >= 0.3 is 12.4 Å². The van der Waals surface area contributed by atoms with E-state index in [2.05, 4.69) is 15.0 Å². The fourth-order valence-corrected chi connectivity index (χ4v) is 3.55. The zero-order chi connectivity index (χ0) is 22.6. The number of aliphatic hydroxyl groups excluding tert-OH is 2. The molecule has 3 rings (SSSR count). The number of halogens is 4. The molecule has 2 aliphatic rings. The largest absolute Gasteiger partial charge is 0.572 e. The lowest BCUT2D eigenvalue weighted by molar-refractivity contribution is -0.306. The van der Waals surface area contributed by atoms with Gasteiger partial charge in [-0.15, -0.1) is 13.2 Å². The molecule has 1 saturated heterocycles. The maximum atomic E-state index is 12.5. The predicted octanol–water partition coefficient (Wildman–Crippen LogP) is 2.69. The maximum Gasteiger partial charge on any atom is 0.572 e. The van der Waals surface area contributed by atoms with E-state index in [1.807, 2.05) is 4.90 Å². The van der Waals surface area contributed by atoms with E-state index in [0.29, 0.717) is 48.3 Å². The van der Waals surface area contributed by atoms with E-state index in [1.165, 1.54) is 18.3 Å². The molecule has 1 aliphatic carbocycles. The summed E-state index contributed by atoms with van der Waals surface area (Å²) in [6.07, 6.45) is -1.44. The summed E-state index contributed by atoms with van der Waals surface area (Å²) in [7, 11) is 0. The monoisotopic (exact) mass is 462 g/mol. The summed E-state index contributed by atoms with van der Waals surface area (Å²) in [4.78, 5) is 20.2. The molecule has 1 aromatic rings. The Bertz CT molecular complexity index is 870. The van der Waals surface area contributed by atoms with Crippen molar-refractivity contribution in [3.8, 4) is 0 Å². The van der Waals surface area contributed by atoms with Gasteiger partial charge in [0.25, 0.3) is 0 Å². The van der Waals surface area contributed by atoms with Gasteiger partial charge in [0.2, 0.25) is 0 Å². The molecule has 0 bridgehead atoms. The molecule has 0 unspecified atom stereocenters. The molecular formula is C19H22ClF3N4O4. The van der Waals surface area contributed by atoms with E-state index in [4.69, 9.17) is 16.7 Å². The summed E-state index contributed by atoms with van der Waals surface area (Å²) in [5, 5.41) is 21.7. The van der Waals surface area contributed by atoms with Crippen LogP contribution in [0.5, 0.6) is 0 Å². The molecule has 12 heteroatoms. The van der Waals surface area contributed by atoms with Crippen molar-refractivity contribution >= 4 is 23.4 Å². The maximum absolute atomic E-state index is 12.5. The molecule has 1 aliphatic heterocycles. The summed E-state index contributed by atoms with van der Waals surface area (Å²) >= 11 is 6.26. The predicted molar refractivity (Wildman–Crippen MR) is 106 cm³/mol. The van der Waals surface area contributed by atoms with Crippen molar-refractivity contribution in [1.29, 1.82) is 0 Å². The second kappa shape index (κ2) is 9.75. The van der Waals surface area contributed by atoms with Gasteiger partial charge in [0.1, 0.15) is 17.7 Å². The molecule has 1 atom stereocenters. The van der Waals surface area contributed by atoms with E-state index in [1.54, 1.807) is 11.0 Å². The quantitative estimate of drug-likeness (QED) is 0.622. The number of anilines is 1. The number of pyridine rings is 1. The first-order chi connectivity index (χ1) is 14.7. The third-order valence-corrected chi connectivity index (χ3v) is 5.17. The highest BCUT2D eigenvalue weighted by molar-refractivity contribution is 6.33. The summed E-state index contributed by atoms with van der Waals surface area (Å²) in [6.45, 7) is 1.32. The van der Waals surface area contributed by atoms with Gasteiger partial charge in [-0.3, -0.25) is 0 Å². The number of ether oxygens (including phenoxy) is 1. The molecule has 1 aromatic heterocycles. The minimum atomic E-state index is -4.73. The number of nitrogens with zero attached hydrogens (tertiary/aromatic N) is 3. The number of aromatic nitrogens is 1. The number of rotatable bonds is 5. The van der Waals surface area contributed by atoms with Gasteiger partial charge in [-0.25, -0.2) is 9.78 Å². The Morgan fingerprint density at radius 1 is 1.26 bits per heavy atom. The van der Waals surface area contributed by atoms with Crippen LogP contribution in [0.1, 0.15) is 24.5 Å². The second-order valence-electron chi connectivity index (χ2n) is 7.05. The lowest BCUT2D eigenvalue weighted by Gasteiger charge is -2.36. The molecule has 3 N–H and O–H groups in total. The normalized spacial score (nSPS) is 18.3. The van der Waals surface area contributed by atoms with Gasteiger partial charge in [0, 0.05) is 50.1 Å². The Kier molecular flexibility index (Phi) is 7.29. The number of hydrogen-bond donors (Lipinski definition) is 3. The van der Waals surface area contributed by atoms with Crippen molar-refractivity contribution in [3.05, 3.63) is 46.5 Å². The molecule has 31 heavy (non-hydrogen) atoms. The smallest absolute Gasteiger partial charge is 0.410 e. The number of carbonyl (C=O) groups is 1. The highest BCUT2D eigenvalue weighted by Crippen LogP contribution is 2.28. The van der Waals surface area contributed by atoms with Crippen LogP contribution in [0, 0.1) is 0 Å². The molecule has 0 aromatic carbocycles. The van der Waals surface area contributed by atoms with Gasteiger partial charge in [-0.2, -0.15) is 0 Å². The van der Waals surface area contributed by atoms with Crippen molar-refractivity contribution in [2.24, 2.45) is 0 Å². The summed E-state index contributed by atoms with van der Waals surface area (Å²) in [5.41, 5.74) is 0.928. The van der Waals surface area contributed by atoms with Gasteiger partial charge in [0.05, 0.1) is 11.6 Å². The highest BCUT2D eigenvalue weighted by Gasteiger charge is 2.32. The number of carbonyl (C=O) groups excluding carboxylic acids is 1. The number of hydrogen-bond acceptors (Lipinski definition) is 6. The number of aliphatic hydroxyl groups is 2. The SMILES string of the molecule is O=C(NC1=CC=C(OC(F)(F)F)CC1)N1CCN(c2ncc([C@H](O)CO)cc2Cl)CC1. The minimum Gasteiger partial charge on any atom is -0.410 e. The summed E-state index contributed by atoms with van der Waals surface area (Å²) in [5.74, 6) is 0.328. The van der Waals surface area contributed by atoms with Crippen molar-refractivity contribution in [2.45, 2.75) is 25.3 Å². The Hall–Kier alpha value is -2.50. The van der Waals surface area contributed by atoms with Crippen LogP contribution >= 0.6 is 11.6 Å². The van der Waals surface area contributed by atoms with Crippen molar-refractivity contribution in [2.75, 3.05) is 37.7 Å². The van der Waals surface area contributed by atoms with E-state index >= 15 is 0 Å². The van der Waals surface area contributed by atoms with Crippen LogP contribution in [-0.4, -0.2) is 65.3 Å². The Labute approximate surface area is 181 Å². The Balaban J connectivity index is 1.52. The average molecular weight is 463 g/mol. The number of piperazine rings is 1. The molecule has 1 fully saturated rings. The topological polar surface area (TPSA) is 98.2 Å². The van der Waals surface area contributed by atoms with E-state index in [9.17, 15) is 23.1 Å². The fourth-order valence-electron chi connectivity index (χ4n) is 3.26. The first-order valence-corrected chi connectivity index (χ1v) is 9.95. The summed E-state index contributed by atoms with van der Waals surface area (Å²) in [6, 6.07) is 1.21. The lowest BCUT2D eigenvalue weighted by atomic mass is 10.1. The summed E-state index contributed by atoms with van der Waals surface area (Å²) < 4.78 is 40.6. The van der Waals surface area contributed by atoms with E-state index in [0.717, 1.165) is 0 Å². The molecule has 2 amide bonds. The average Bonchev–Trinajstić information content (AvgIpc) is 2.73. The van der Waals surface area contributed by atoms with Crippen molar-refractivity contribution in [3.63, 3.8) is 0 Å². The number of amides is 2. The Morgan fingerprint density at radius 3 is 2.52 bits per heavy atom. The zero-order valence-electron chi connectivity index (χ0n) is 16.4. The molecule has 8 nitrogen and oxygen atoms in total. The van der Waals surface area contributed by atoms with Crippen LogP contribution in [0.15, 0.2) is 35.9 Å². The van der Waals surface area contributed by atoms with Crippen molar-refractivity contribution < 1.29 is 32.9 Å². The first kappa shape index (κ1) is 23.2. The number of nitrogens with one attached hydrogen (secondary N) is 1. The van der Waals surface area contributed by atoms with Gasteiger partial charge in [-0.05, 0) is 24.6 Å². The standard InChI is InChI=1S/C19H22ClF3N4O4/c20-15-9-12(16(29)11-28)10-24-17(15)26-5-7-27(8-6-26)18(30)25-13-1-3-14(4-2-13)31-19(21,22)23/h1,3,9-10,16,28-29H,2,4-8,11H2,(H,25,30)/t16-/m1/s1. The molecular weight excluding hydrogens is 441 g/mol.